The van der Waals surface area contributed by atoms with Crippen molar-refractivity contribution in [1.82, 2.24) is 5.32 Å². The Morgan fingerprint density at radius 3 is 2.24 bits per heavy atom. The molecule has 2 rings (SSSR count). The van der Waals surface area contributed by atoms with Gasteiger partial charge in [-0.15, -0.1) is 0 Å². The lowest BCUT2D eigenvalue weighted by Crippen LogP contribution is -2.55. The maximum Gasteiger partial charge on any atom is 0.0453 e. The molecule has 0 spiro atoms. The van der Waals surface area contributed by atoms with Gasteiger partial charge in [0.1, 0.15) is 0 Å². The Balaban J connectivity index is 2.18. The summed E-state index contributed by atoms with van der Waals surface area (Å²) in [7, 11) is 0. The van der Waals surface area contributed by atoms with Crippen molar-refractivity contribution >= 4 is 23.2 Å². The van der Waals surface area contributed by atoms with Crippen LogP contribution in [0, 0.1) is 11.3 Å². The fourth-order valence-corrected chi connectivity index (χ4v) is 3.29. The second-order valence-electron chi connectivity index (χ2n) is 5.58. The van der Waals surface area contributed by atoms with Gasteiger partial charge in [-0.1, -0.05) is 43.1 Å². The minimum Gasteiger partial charge on any atom is -0.316 e. The monoisotopic (exact) mass is 271 g/mol. The average molecular weight is 272 g/mol. The standard InChI is InChI=1S/C14H19Cl2N/c1-10(2)6-14(8-17-9-14)7-11-12(15)4-3-5-13(11)16/h3-5,10,17H,6-9H2,1-2H3. The zero-order chi connectivity index (χ0) is 12.5. The number of nitrogens with one attached hydrogen (secondary N) is 1. The summed E-state index contributed by atoms with van der Waals surface area (Å²) in [5.41, 5.74) is 1.46. The van der Waals surface area contributed by atoms with Crippen LogP contribution in [0.1, 0.15) is 25.8 Å². The molecular formula is C14H19Cl2N. The SMILES string of the molecule is CC(C)CC1(Cc2c(Cl)cccc2Cl)CNC1. The van der Waals surface area contributed by atoms with Gasteiger partial charge in [-0.25, -0.2) is 0 Å². The highest BCUT2D eigenvalue weighted by molar-refractivity contribution is 6.36. The molecule has 1 saturated heterocycles. The maximum atomic E-state index is 6.25. The summed E-state index contributed by atoms with van der Waals surface area (Å²) in [5.74, 6) is 0.707. The van der Waals surface area contributed by atoms with E-state index >= 15 is 0 Å². The van der Waals surface area contributed by atoms with Gasteiger partial charge in [0, 0.05) is 23.1 Å². The lowest BCUT2D eigenvalue weighted by atomic mass is 9.71. The van der Waals surface area contributed by atoms with Crippen LogP contribution in [0.15, 0.2) is 18.2 Å². The second kappa shape index (κ2) is 5.17. The molecule has 1 aromatic carbocycles. The van der Waals surface area contributed by atoms with Gasteiger partial charge in [-0.05, 0) is 41.9 Å². The number of benzene rings is 1. The van der Waals surface area contributed by atoms with Gasteiger partial charge >= 0.3 is 0 Å². The third kappa shape index (κ3) is 2.96. The van der Waals surface area contributed by atoms with Crippen molar-refractivity contribution in [2.75, 3.05) is 13.1 Å². The summed E-state index contributed by atoms with van der Waals surface area (Å²) >= 11 is 12.5. The Morgan fingerprint density at radius 2 is 1.82 bits per heavy atom. The van der Waals surface area contributed by atoms with Gasteiger partial charge in [0.15, 0.2) is 0 Å². The molecule has 0 aliphatic carbocycles. The third-order valence-corrected chi connectivity index (χ3v) is 4.16. The third-order valence-electron chi connectivity index (χ3n) is 3.45. The van der Waals surface area contributed by atoms with Gasteiger partial charge in [0.05, 0.1) is 0 Å². The molecule has 0 saturated carbocycles. The van der Waals surface area contributed by atoms with Gasteiger partial charge in [0.25, 0.3) is 0 Å². The van der Waals surface area contributed by atoms with E-state index in [4.69, 9.17) is 23.2 Å². The Bertz CT molecular complexity index is 377. The fraction of sp³-hybridized carbons (Fsp3) is 0.571. The van der Waals surface area contributed by atoms with E-state index in [-0.39, 0.29) is 0 Å². The molecule has 0 radical (unpaired) electrons. The first-order valence-electron chi connectivity index (χ1n) is 6.16. The van der Waals surface area contributed by atoms with Crippen LogP contribution >= 0.6 is 23.2 Å². The number of halogens is 2. The molecule has 3 heteroatoms. The summed E-state index contributed by atoms with van der Waals surface area (Å²) in [6, 6.07) is 5.76. The smallest absolute Gasteiger partial charge is 0.0453 e. The van der Waals surface area contributed by atoms with Gasteiger partial charge < -0.3 is 5.32 Å². The lowest BCUT2D eigenvalue weighted by Gasteiger charge is -2.44. The minimum absolute atomic E-state index is 0.350. The molecule has 1 fully saturated rings. The van der Waals surface area contributed by atoms with Crippen molar-refractivity contribution in [3.63, 3.8) is 0 Å². The average Bonchev–Trinajstić information content (AvgIpc) is 2.19. The molecule has 0 unspecified atom stereocenters. The summed E-state index contributed by atoms with van der Waals surface area (Å²) < 4.78 is 0. The van der Waals surface area contributed by atoms with Crippen molar-refractivity contribution < 1.29 is 0 Å². The molecule has 1 aliphatic rings. The van der Waals surface area contributed by atoms with E-state index in [1.807, 2.05) is 18.2 Å². The zero-order valence-corrected chi connectivity index (χ0v) is 11.9. The highest BCUT2D eigenvalue weighted by Crippen LogP contribution is 2.38. The molecule has 1 heterocycles. The summed E-state index contributed by atoms with van der Waals surface area (Å²) in [6.07, 6.45) is 2.21. The van der Waals surface area contributed by atoms with E-state index in [2.05, 4.69) is 19.2 Å². The predicted octanol–water partition coefficient (Wildman–Crippen LogP) is 4.17. The molecule has 1 aromatic rings. The van der Waals surface area contributed by atoms with Crippen molar-refractivity contribution in [1.29, 1.82) is 0 Å². The van der Waals surface area contributed by atoms with Crippen LogP contribution in [0.4, 0.5) is 0 Å². The van der Waals surface area contributed by atoms with Crippen molar-refractivity contribution in [2.45, 2.75) is 26.7 Å². The Kier molecular flexibility index (Phi) is 4.02. The second-order valence-corrected chi connectivity index (χ2v) is 6.39. The van der Waals surface area contributed by atoms with Gasteiger partial charge in [0.2, 0.25) is 0 Å². The number of hydrogen-bond donors (Lipinski definition) is 1. The molecule has 1 aliphatic heterocycles. The van der Waals surface area contributed by atoms with Crippen LogP contribution in [0.3, 0.4) is 0 Å². The van der Waals surface area contributed by atoms with Crippen molar-refractivity contribution in [3.8, 4) is 0 Å². The highest BCUT2D eigenvalue weighted by atomic mass is 35.5. The quantitative estimate of drug-likeness (QED) is 0.867. The summed E-state index contributed by atoms with van der Waals surface area (Å²) in [5, 5.41) is 4.98. The van der Waals surface area contributed by atoms with Crippen molar-refractivity contribution in [2.24, 2.45) is 11.3 Å². The molecular weight excluding hydrogens is 253 g/mol. The maximum absolute atomic E-state index is 6.25. The molecule has 17 heavy (non-hydrogen) atoms. The van der Waals surface area contributed by atoms with Crippen LogP contribution in [-0.4, -0.2) is 13.1 Å². The van der Waals surface area contributed by atoms with Crippen LogP contribution in [0.5, 0.6) is 0 Å². The van der Waals surface area contributed by atoms with Crippen molar-refractivity contribution in [3.05, 3.63) is 33.8 Å². The van der Waals surface area contributed by atoms with E-state index in [9.17, 15) is 0 Å². The van der Waals surface area contributed by atoms with Crippen LogP contribution in [0.2, 0.25) is 10.0 Å². The Morgan fingerprint density at radius 1 is 1.24 bits per heavy atom. The Labute approximate surface area is 114 Å². The topological polar surface area (TPSA) is 12.0 Å². The molecule has 0 aromatic heterocycles. The fourth-order valence-electron chi connectivity index (χ4n) is 2.76. The van der Waals surface area contributed by atoms with Crippen LogP contribution in [0.25, 0.3) is 0 Å². The summed E-state index contributed by atoms with van der Waals surface area (Å²) in [4.78, 5) is 0. The molecule has 94 valence electrons. The molecule has 1 N–H and O–H groups in total. The molecule has 0 bridgehead atoms. The van der Waals surface area contributed by atoms with E-state index in [0.717, 1.165) is 35.1 Å². The molecule has 0 amide bonds. The zero-order valence-electron chi connectivity index (χ0n) is 10.4. The lowest BCUT2D eigenvalue weighted by molar-refractivity contribution is 0.131. The van der Waals surface area contributed by atoms with Gasteiger partial charge in [-0.2, -0.15) is 0 Å². The highest BCUT2D eigenvalue weighted by Gasteiger charge is 2.38. The van der Waals surface area contributed by atoms with E-state index in [1.54, 1.807) is 0 Å². The van der Waals surface area contributed by atoms with Crippen LogP contribution < -0.4 is 5.32 Å². The Hall–Kier alpha value is -0.240. The van der Waals surface area contributed by atoms with E-state index < -0.39 is 0 Å². The first-order chi connectivity index (χ1) is 8.02. The largest absolute Gasteiger partial charge is 0.316 e. The minimum atomic E-state index is 0.350. The normalized spacial score (nSPS) is 18.2. The van der Waals surface area contributed by atoms with Gasteiger partial charge in [-0.3, -0.25) is 0 Å². The number of rotatable bonds is 4. The number of hydrogen-bond acceptors (Lipinski definition) is 1. The first kappa shape index (κ1) is 13.2. The molecule has 0 atom stereocenters. The van der Waals surface area contributed by atoms with Crippen LogP contribution in [-0.2, 0) is 6.42 Å². The van der Waals surface area contributed by atoms with E-state index in [0.29, 0.717) is 11.3 Å². The first-order valence-corrected chi connectivity index (χ1v) is 6.92. The predicted molar refractivity (Wildman–Crippen MR) is 74.9 cm³/mol. The van der Waals surface area contributed by atoms with E-state index in [1.165, 1.54) is 6.42 Å². The molecule has 1 nitrogen and oxygen atoms in total. The summed E-state index contributed by atoms with van der Waals surface area (Å²) in [6.45, 7) is 6.70.